The molecule has 3 heteroatoms. The van der Waals surface area contributed by atoms with Gasteiger partial charge in [-0.15, -0.1) is 0 Å². The van der Waals surface area contributed by atoms with Crippen molar-refractivity contribution in [3.05, 3.63) is 35.4 Å². The molecule has 1 fully saturated rings. The summed E-state index contributed by atoms with van der Waals surface area (Å²) < 4.78 is 5.86. The first-order valence-corrected chi connectivity index (χ1v) is 6.17. The second-order valence-electron chi connectivity index (χ2n) is 4.24. The van der Waals surface area contributed by atoms with Gasteiger partial charge in [0, 0.05) is 5.56 Å². The highest BCUT2D eigenvalue weighted by atomic mass is 32.1. The Morgan fingerprint density at radius 2 is 2.00 bits per heavy atom. The van der Waals surface area contributed by atoms with Gasteiger partial charge in [0.05, 0.1) is 12.7 Å². The molecule has 1 aromatic carbocycles. The molecule has 16 heavy (non-hydrogen) atoms. The van der Waals surface area contributed by atoms with Crippen molar-refractivity contribution >= 4 is 17.2 Å². The van der Waals surface area contributed by atoms with E-state index < -0.39 is 0 Å². The molecule has 0 atom stereocenters. The number of nitrogens with two attached hydrogens (primary N) is 1. The molecule has 0 radical (unpaired) electrons. The molecule has 1 aromatic rings. The number of thiocarbonyl (C=S) groups is 1. The quantitative estimate of drug-likeness (QED) is 0.815. The Kier molecular flexibility index (Phi) is 3.91. The number of benzene rings is 1. The topological polar surface area (TPSA) is 35.2 Å². The first-order chi connectivity index (χ1) is 7.77. The molecule has 0 bridgehead atoms. The van der Waals surface area contributed by atoms with Gasteiger partial charge >= 0.3 is 0 Å². The van der Waals surface area contributed by atoms with Crippen molar-refractivity contribution in [2.75, 3.05) is 0 Å². The lowest BCUT2D eigenvalue weighted by Gasteiger charge is -2.13. The summed E-state index contributed by atoms with van der Waals surface area (Å²) in [6, 6.07) is 7.93. The van der Waals surface area contributed by atoms with Crippen molar-refractivity contribution in [3.8, 4) is 0 Å². The molecular weight excluding hydrogens is 218 g/mol. The van der Waals surface area contributed by atoms with Crippen molar-refractivity contribution in [1.82, 2.24) is 0 Å². The molecule has 86 valence electrons. The van der Waals surface area contributed by atoms with E-state index in [1.54, 1.807) is 0 Å². The molecule has 2 nitrogen and oxygen atoms in total. The molecule has 0 heterocycles. The third-order valence-electron chi connectivity index (χ3n) is 3.06. The predicted octanol–water partition coefficient (Wildman–Crippen LogP) is 2.78. The molecular formula is C13H17NOS. The maximum absolute atomic E-state index is 5.86. The zero-order valence-electron chi connectivity index (χ0n) is 9.32. The van der Waals surface area contributed by atoms with Crippen LogP contribution in [0, 0.1) is 0 Å². The zero-order valence-corrected chi connectivity index (χ0v) is 10.1. The van der Waals surface area contributed by atoms with Gasteiger partial charge in [-0.05, 0) is 18.4 Å². The van der Waals surface area contributed by atoms with E-state index in [9.17, 15) is 0 Å². The Labute approximate surface area is 102 Å². The van der Waals surface area contributed by atoms with Gasteiger partial charge in [0.2, 0.25) is 0 Å². The smallest absolute Gasteiger partial charge is 0.104 e. The molecule has 2 rings (SSSR count). The standard InChI is InChI=1S/C13H17NOS/c14-13(16)12-8-4-1-5-10(12)9-15-11-6-2-3-7-11/h1,4-5,8,11H,2-3,6-7,9H2,(H2,14,16). The minimum absolute atomic E-state index is 0.430. The highest BCUT2D eigenvalue weighted by molar-refractivity contribution is 7.80. The van der Waals surface area contributed by atoms with Gasteiger partial charge in [-0.25, -0.2) is 0 Å². The van der Waals surface area contributed by atoms with Crippen LogP contribution in [0.15, 0.2) is 24.3 Å². The average Bonchev–Trinajstić information content (AvgIpc) is 2.79. The van der Waals surface area contributed by atoms with E-state index in [1.807, 2.05) is 24.3 Å². The van der Waals surface area contributed by atoms with Crippen LogP contribution in [0.1, 0.15) is 36.8 Å². The largest absolute Gasteiger partial charge is 0.389 e. The zero-order chi connectivity index (χ0) is 11.4. The molecule has 1 saturated carbocycles. The fourth-order valence-corrected chi connectivity index (χ4v) is 2.35. The lowest BCUT2D eigenvalue weighted by atomic mass is 10.1. The average molecular weight is 235 g/mol. The first kappa shape index (κ1) is 11.6. The summed E-state index contributed by atoms with van der Waals surface area (Å²) >= 11 is 5.02. The molecule has 0 unspecified atom stereocenters. The fraction of sp³-hybridized carbons (Fsp3) is 0.462. The molecule has 1 aliphatic carbocycles. The van der Waals surface area contributed by atoms with E-state index in [1.165, 1.54) is 25.7 Å². The maximum Gasteiger partial charge on any atom is 0.104 e. The van der Waals surface area contributed by atoms with Crippen molar-refractivity contribution in [2.24, 2.45) is 5.73 Å². The van der Waals surface area contributed by atoms with Crippen LogP contribution in [0.4, 0.5) is 0 Å². The summed E-state index contributed by atoms with van der Waals surface area (Å²) in [5, 5.41) is 0. The number of hydrogen-bond acceptors (Lipinski definition) is 2. The monoisotopic (exact) mass is 235 g/mol. The molecule has 0 spiro atoms. The van der Waals surface area contributed by atoms with Gasteiger partial charge in [0.25, 0.3) is 0 Å². The number of ether oxygens (including phenoxy) is 1. The van der Waals surface area contributed by atoms with E-state index in [2.05, 4.69) is 0 Å². The van der Waals surface area contributed by atoms with E-state index in [-0.39, 0.29) is 0 Å². The van der Waals surface area contributed by atoms with E-state index >= 15 is 0 Å². The Morgan fingerprint density at radius 3 is 2.69 bits per heavy atom. The lowest BCUT2D eigenvalue weighted by molar-refractivity contribution is 0.0456. The highest BCUT2D eigenvalue weighted by Crippen LogP contribution is 2.22. The Balaban J connectivity index is 2.00. The van der Waals surface area contributed by atoms with Crippen molar-refractivity contribution in [1.29, 1.82) is 0 Å². The summed E-state index contributed by atoms with van der Waals surface area (Å²) in [5.74, 6) is 0. The summed E-state index contributed by atoms with van der Waals surface area (Å²) in [7, 11) is 0. The van der Waals surface area contributed by atoms with Crippen LogP contribution in [0.3, 0.4) is 0 Å². The summed E-state index contributed by atoms with van der Waals surface area (Å²) in [4.78, 5) is 0.450. The van der Waals surface area contributed by atoms with Crippen LogP contribution >= 0.6 is 12.2 Å². The lowest BCUT2D eigenvalue weighted by Crippen LogP contribution is -2.14. The van der Waals surface area contributed by atoms with Gasteiger partial charge in [-0.1, -0.05) is 49.3 Å². The van der Waals surface area contributed by atoms with Crippen LogP contribution in [-0.4, -0.2) is 11.1 Å². The van der Waals surface area contributed by atoms with Crippen LogP contribution in [0.25, 0.3) is 0 Å². The molecule has 2 N–H and O–H groups in total. The second-order valence-corrected chi connectivity index (χ2v) is 4.68. The fourth-order valence-electron chi connectivity index (χ4n) is 2.15. The molecule has 0 aromatic heterocycles. The predicted molar refractivity (Wildman–Crippen MR) is 69.4 cm³/mol. The van der Waals surface area contributed by atoms with Crippen LogP contribution in [-0.2, 0) is 11.3 Å². The third-order valence-corrected chi connectivity index (χ3v) is 3.28. The Morgan fingerprint density at radius 1 is 1.31 bits per heavy atom. The highest BCUT2D eigenvalue weighted by Gasteiger charge is 2.15. The molecule has 1 aliphatic rings. The Bertz CT molecular complexity index is 372. The number of hydrogen-bond donors (Lipinski definition) is 1. The van der Waals surface area contributed by atoms with Crippen LogP contribution < -0.4 is 5.73 Å². The maximum atomic E-state index is 5.86. The SMILES string of the molecule is NC(=S)c1ccccc1COC1CCCC1. The van der Waals surface area contributed by atoms with Gasteiger partial charge in [-0.3, -0.25) is 0 Å². The first-order valence-electron chi connectivity index (χ1n) is 5.76. The third kappa shape index (κ3) is 2.80. The van der Waals surface area contributed by atoms with Gasteiger partial charge in [0.1, 0.15) is 4.99 Å². The second kappa shape index (κ2) is 5.41. The van der Waals surface area contributed by atoms with Crippen molar-refractivity contribution < 1.29 is 4.74 Å². The Hall–Kier alpha value is -0.930. The molecule has 0 aliphatic heterocycles. The van der Waals surface area contributed by atoms with Crippen molar-refractivity contribution in [2.45, 2.75) is 38.4 Å². The van der Waals surface area contributed by atoms with E-state index in [0.717, 1.165) is 11.1 Å². The van der Waals surface area contributed by atoms with Gasteiger partial charge < -0.3 is 10.5 Å². The number of rotatable bonds is 4. The van der Waals surface area contributed by atoms with Crippen molar-refractivity contribution in [3.63, 3.8) is 0 Å². The summed E-state index contributed by atoms with van der Waals surface area (Å²) in [6.07, 6.45) is 5.40. The summed E-state index contributed by atoms with van der Waals surface area (Å²) in [5.41, 5.74) is 7.71. The van der Waals surface area contributed by atoms with Crippen LogP contribution in [0.5, 0.6) is 0 Å². The summed E-state index contributed by atoms with van der Waals surface area (Å²) in [6.45, 7) is 0.623. The van der Waals surface area contributed by atoms with E-state index in [0.29, 0.717) is 17.7 Å². The van der Waals surface area contributed by atoms with Crippen LogP contribution in [0.2, 0.25) is 0 Å². The minimum Gasteiger partial charge on any atom is -0.389 e. The van der Waals surface area contributed by atoms with Gasteiger partial charge in [-0.2, -0.15) is 0 Å². The molecule has 0 saturated heterocycles. The normalized spacial score (nSPS) is 16.5. The van der Waals surface area contributed by atoms with Gasteiger partial charge in [0.15, 0.2) is 0 Å². The minimum atomic E-state index is 0.430. The molecule has 0 amide bonds. The van der Waals surface area contributed by atoms with E-state index in [4.69, 9.17) is 22.7 Å².